The van der Waals surface area contributed by atoms with Crippen LogP contribution in [0.3, 0.4) is 0 Å². The third-order valence-corrected chi connectivity index (χ3v) is 5.51. The zero-order valence-electron chi connectivity index (χ0n) is 9.85. The third kappa shape index (κ3) is 3.42. The summed E-state index contributed by atoms with van der Waals surface area (Å²) in [6.07, 6.45) is 1.28. The molecule has 0 N–H and O–H groups in total. The van der Waals surface area contributed by atoms with Crippen LogP contribution in [0.4, 0.5) is 0 Å². The largest absolute Gasteiger partial charge is 0.462 e. The fourth-order valence-corrected chi connectivity index (χ4v) is 4.58. The van der Waals surface area contributed by atoms with Crippen LogP contribution in [-0.4, -0.2) is 24.1 Å². The van der Waals surface area contributed by atoms with E-state index in [-0.39, 0.29) is 5.97 Å². The van der Waals surface area contributed by atoms with Crippen molar-refractivity contribution in [1.29, 1.82) is 0 Å². The van der Waals surface area contributed by atoms with Crippen LogP contribution in [-0.2, 0) is 4.74 Å². The minimum Gasteiger partial charge on any atom is -0.462 e. The lowest BCUT2D eigenvalue weighted by atomic mass is 10.1. The van der Waals surface area contributed by atoms with Gasteiger partial charge in [0.15, 0.2) is 0 Å². The molecule has 1 fully saturated rings. The van der Waals surface area contributed by atoms with E-state index in [0.29, 0.717) is 16.8 Å². The van der Waals surface area contributed by atoms with E-state index in [1.54, 1.807) is 0 Å². The lowest BCUT2D eigenvalue weighted by Crippen LogP contribution is -2.06. The van der Waals surface area contributed by atoms with Gasteiger partial charge < -0.3 is 4.74 Å². The van der Waals surface area contributed by atoms with Crippen molar-refractivity contribution in [2.45, 2.75) is 17.9 Å². The molecule has 0 bridgehead atoms. The molecule has 0 aromatic heterocycles. The van der Waals surface area contributed by atoms with E-state index < -0.39 is 0 Å². The number of carbonyl (C=O) groups excluding carboxylic acids is 1. The Morgan fingerprint density at radius 1 is 1.41 bits per heavy atom. The van der Waals surface area contributed by atoms with E-state index in [0.717, 1.165) is 0 Å². The Kier molecular flexibility index (Phi) is 4.80. The molecule has 2 rings (SSSR count). The molecule has 4 heteroatoms. The lowest BCUT2D eigenvalue weighted by molar-refractivity contribution is 0.0526. The highest BCUT2D eigenvalue weighted by molar-refractivity contribution is 8.16. The molecule has 1 aromatic rings. The summed E-state index contributed by atoms with van der Waals surface area (Å²) in [6, 6.07) is 7.82. The van der Waals surface area contributed by atoms with Crippen LogP contribution in [0, 0.1) is 0 Å². The van der Waals surface area contributed by atoms with Gasteiger partial charge in [0.25, 0.3) is 0 Å². The Hall–Kier alpha value is -0.610. The van der Waals surface area contributed by atoms with Crippen molar-refractivity contribution in [2.75, 3.05) is 18.1 Å². The van der Waals surface area contributed by atoms with Gasteiger partial charge in [-0.1, -0.05) is 12.1 Å². The number of esters is 1. The molecule has 1 heterocycles. The molecule has 92 valence electrons. The predicted octanol–water partition coefficient (Wildman–Crippen LogP) is 3.73. The topological polar surface area (TPSA) is 26.3 Å². The molecule has 0 atom stereocenters. The molecule has 0 aliphatic carbocycles. The summed E-state index contributed by atoms with van der Waals surface area (Å²) in [5.74, 6) is 2.20. The van der Waals surface area contributed by atoms with Crippen LogP contribution in [0.5, 0.6) is 0 Å². The number of thioether (sulfide) groups is 2. The SMILES string of the molecule is CCOC(=O)c1cccc(C2SCCCS2)c1. The van der Waals surface area contributed by atoms with E-state index in [4.69, 9.17) is 4.74 Å². The Balaban J connectivity index is 2.12. The van der Waals surface area contributed by atoms with Crippen molar-refractivity contribution in [3.63, 3.8) is 0 Å². The Morgan fingerprint density at radius 2 is 2.18 bits per heavy atom. The Labute approximate surface area is 111 Å². The van der Waals surface area contributed by atoms with E-state index in [9.17, 15) is 4.79 Å². The van der Waals surface area contributed by atoms with Crippen molar-refractivity contribution in [2.24, 2.45) is 0 Å². The van der Waals surface area contributed by atoms with Gasteiger partial charge in [-0.15, -0.1) is 23.5 Å². The quantitative estimate of drug-likeness (QED) is 0.780. The smallest absolute Gasteiger partial charge is 0.338 e. The highest BCUT2D eigenvalue weighted by atomic mass is 32.2. The predicted molar refractivity (Wildman–Crippen MR) is 74.7 cm³/mol. The van der Waals surface area contributed by atoms with Crippen LogP contribution in [0.15, 0.2) is 24.3 Å². The van der Waals surface area contributed by atoms with Crippen LogP contribution < -0.4 is 0 Å². The van der Waals surface area contributed by atoms with Gasteiger partial charge in [0.1, 0.15) is 0 Å². The van der Waals surface area contributed by atoms with Crippen LogP contribution >= 0.6 is 23.5 Å². The molecule has 0 amide bonds. The number of hydrogen-bond donors (Lipinski definition) is 0. The fraction of sp³-hybridized carbons (Fsp3) is 0.462. The number of ether oxygens (including phenoxy) is 1. The first kappa shape index (κ1) is 12.8. The van der Waals surface area contributed by atoms with Crippen molar-refractivity contribution in [1.82, 2.24) is 0 Å². The number of rotatable bonds is 3. The minimum absolute atomic E-state index is 0.222. The van der Waals surface area contributed by atoms with Crippen LogP contribution in [0.25, 0.3) is 0 Å². The highest BCUT2D eigenvalue weighted by Crippen LogP contribution is 2.43. The van der Waals surface area contributed by atoms with Gasteiger partial charge in [-0.25, -0.2) is 4.79 Å². The summed E-state index contributed by atoms with van der Waals surface area (Å²) in [6.45, 7) is 2.25. The van der Waals surface area contributed by atoms with Crippen LogP contribution in [0.2, 0.25) is 0 Å². The van der Waals surface area contributed by atoms with Gasteiger partial charge in [0.05, 0.1) is 16.8 Å². The minimum atomic E-state index is -0.222. The van der Waals surface area contributed by atoms with E-state index in [2.05, 4.69) is 6.07 Å². The summed E-state index contributed by atoms with van der Waals surface area (Å²) >= 11 is 3.92. The average molecular weight is 268 g/mol. The molecule has 2 nitrogen and oxygen atoms in total. The van der Waals surface area contributed by atoms with Gasteiger partial charge in [0, 0.05) is 0 Å². The van der Waals surface area contributed by atoms with Gasteiger partial charge in [0.2, 0.25) is 0 Å². The van der Waals surface area contributed by atoms with Crippen molar-refractivity contribution >= 4 is 29.5 Å². The number of carbonyl (C=O) groups is 1. The number of benzene rings is 1. The van der Waals surface area contributed by atoms with E-state index >= 15 is 0 Å². The number of hydrogen-bond acceptors (Lipinski definition) is 4. The molecule has 17 heavy (non-hydrogen) atoms. The third-order valence-electron chi connectivity index (χ3n) is 2.50. The summed E-state index contributed by atoms with van der Waals surface area (Å²) < 4.78 is 5.49. The zero-order valence-corrected chi connectivity index (χ0v) is 11.5. The van der Waals surface area contributed by atoms with Crippen molar-refractivity contribution in [3.8, 4) is 0 Å². The Morgan fingerprint density at radius 3 is 2.88 bits per heavy atom. The first-order valence-electron chi connectivity index (χ1n) is 5.81. The van der Waals surface area contributed by atoms with Crippen molar-refractivity contribution in [3.05, 3.63) is 35.4 Å². The van der Waals surface area contributed by atoms with Crippen LogP contribution in [0.1, 0.15) is 33.8 Å². The Bertz CT molecular complexity index is 387. The first-order valence-corrected chi connectivity index (χ1v) is 7.91. The normalized spacial score (nSPS) is 16.8. The molecular weight excluding hydrogens is 252 g/mol. The summed E-state index contributed by atoms with van der Waals surface area (Å²) in [5, 5.41) is 0. The van der Waals surface area contributed by atoms with Gasteiger partial charge in [-0.3, -0.25) is 0 Å². The molecular formula is C13H16O2S2. The second-order valence-electron chi connectivity index (χ2n) is 3.77. The molecule has 0 unspecified atom stereocenters. The second kappa shape index (κ2) is 6.36. The van der Waals surface area contributed by atoms with E-state index in [1.165, 1.54) is 23.5 Å². The molecule has 1 aliphatic heterocycles. The maximum atomic E-state index is 11.6. The summed E-state index contributed by atoms with van der Waals surface area (Å²) in [5.41, 5.74) is 1.89. The monoisotopic (exact) mass is 268 g/mol. The van der Waals surface area contributed by atoms with Gasteiger partial charge in [-0.2, -0.15) is 0 Å². The molecule has 0 radical (unpaired) electrons. The maximum absolute atomic E-state index is 11.6. The molecule has 0 spiro atoms. The maximum Gasteiger partial charge on any atom is 0.338 e. The molecule has 1 aliphatic rings. The molecule has 1 aromatic carbocycles. The fourth-order valence-electron chi connectivity index (χ4n) is 1.71. The highest BCUT2D eigenvalue weighted by Gasteiger charge is 2.17. The molecule has 0 saturated carbocycles. The van der Waals surface area contributed by atoms with E-state index in [1.807, 2.05) is 48.6 Å². The second-order valence-corrected chi connectivity index (χ2v) is 6.50. The molecule has 1 saturated heterocycles. The average Bonchev–Trinajstić information content (AvgIpc) is 2.40. The first-order chi connectivity index (χ1) is 8.31. The standard InChI is InChI=1S/C13H16O2S2/c1-2-15-12(14)10-5-3-6-11(9-10)13-16-7-4-8-17-13/h3,5-6,9,13H,2,4,7-8H2,1H3. The summed E-state index contributed by atoms with van der Waals surface area (Å²) in [7, 11) is 0. The van der Waals surface area contributed by atoms with Gasteiger partial charge in [-0.05, 0) is 42.5 Å². The zero-order chi connectivity index (χ0) is 12.1. The van der Waals surface area contributed by atoms with Gasteiger partial charge >= 0.3 is 5.97 Å². The summed E-state index contributed by atoms with van der Waals surface area (Å²) in [4.78, 5) is 11.6. The lowest BCUT2D eigenvalue weighted by Gasteiger charge is -2.21. The van der Waals surface area contributed by atoms with Crippen molar-refractivity contribution < 1.29 is 9.53 Å².